The lowest BCUT2D eigenvalue weighted by atomic mass is 10.1. The van der Waals surface area contributed by atoms with Gasteiger partial charge in [0.15, 0.2) is 0 Å². The number of aryl methyl sites for hydroxylation is 2. The van der Waals surface area contributed by atoms with Gasteiger partial charge in [-0.05, 0) is 24.1 Å². The summed E-state index contributed by atoms with van der Waals surface area (Å²) in [7, 11) is 0. The van der Waals surface area contributed by atoms with Crippen LogP contribution < -0.4 is 5.32 Å². The van der Waals surface area contributed by atoms with E-state index in [4.69, 9.17) is 4.42 Å². The molecule has 3 rings (SSSR count). The molecule has 0 atom stereocenters. The van der Waals surface area contributed by atoms with E-state index in [2.05, 4.69) is 15.5 Å². The van der Waals surface area contributed by atoms with E-state index in [1.54, 1.807) is 12.1 Å². The lowest BCUT2D eigenvalue weighted by Crippen LogP contribution is -2.12. The second-order valence-electron chi connectivity index (χ2n) is 4.81. The number of anilines is 1. The van der Waals surface area contributed by atoms with Gasteiger partial charge in [-0.3, -0.25) is 4.79 Å². The number of hydrogen-bond donors (Lipinski definition) is 1. The Kier molecular flexibility index (Phi) is 4.25. The monoisotopic (exact) mass is 293 g/mol. The van der Waals surface area contributed by atoms with Crippen LogP contribution in [0.25, 0.3) is 0 Å². The van der Waals surface area contributed by atoms with Crippen LogP contribution in [0, 0.1) is 0 Å². The van der Waals surface area contributed by atoms with Crippen LogP contribution in [0.2, 0.25) is 0 Å². The summed E-state index contributed by atoms with van der Waals surface area (Å²) < 4.78 is 5.41. The molecule has 1 N–H and O–H groups in total. The van der Waals surface area contributed by atoms with Crippen LogP contribution >= 0.6 is 0 Å². The van der Waals surface area contributed by atoms with E-state index in [1.807, 2.05) is 48.5 Å². The third-order valence-corrected chi connectivity index (χ3v) is 3.16. The molecule has 0 spiro atoms. The Morgan fingerprint density at radius 2 is 1.59 bits per heavy atom. The van der Waals surface area contributed by atoms with Crippen LogP contribution in [0.3, 0.4) is 0 Å². The molecule has 5 nitrogen and oxygen atoms in total. The topological polar surface area (TPSA) is 68.0 Å². The summed E-state index contributed by atoms with van der Waals surface area (Å²) in [5, 5.41) is 10.4. The minimum atomic E-state index is -0.398. The van der Waals surface area contributed by atoms with E-state index in [0.29, 0.717) is 18.0 Å². The molecule has 0 bridgehead atoms. The molecule has 0 saturated carbocycles. The second kappa shape index (κ2) is 6.67. The predicted molar refractivity (Wildman–Crippen MR) is 82.5 cm³/mol. The van der Waals surface area contributed by atoms with Gasteiger partial charge in [-0.15, -0.1) is 10.2 Å². The summed E-state index contributed by atoms with van der Waals surface area (Å²) in [4.78, 5) is 12.0. The van der Waals surface area contributed by atoms with Crippen molar-refractivity contribution in [1.82, 2.24) is 10.2 Å². The van der Waals surface area contributed by atoms with Gasteiger partial charge in [0.1, 0.15) is 0 Å². The molecular formula is C17H15N3O2. The molecule has 0 aliphatic heterocycles. The van der Waals surface area contributed by atoms with Crippen molar-refractivity contribution < 1.29 is 9.21 Å². The van der Waals surface area contributed by atoms with Gasteiger partial charge in [-0.2, -0.15) is 0 Å². The summed E-state index contributed by atoms with van der Waals surface area (Å²) in [6, 6.07) is 19.2. The normalized spacial score (nSPS) is 10.4. The van der Waals surface area contributed by atoms with Crippen molar-refractivity contribution >= 4 is 11.6 Å². The molecule has 0 fully saturated rings. The lowest BCUT2D eigenvalue weighted by molar-refractivity contribution is 0.0988. The van der Waals surface area contributed by atoms with E-state index >= 15 is 0 Å². The van der Waals surface area contributed by atoms with Gasteiger partial charge in [0.05, 0.1) is 0 Å². The first-order valence-corrected chi connectivity index (χ1v) is 7.04. The highest BCUT2D eigenvalue weighted by atomic mass is 16.4. The van der Waals surface area contributed by atoms with Crippen LogP contribution in [0.1, 0.15) is 22.1 Å². The van der Waals surface area contributed by atoms with Gasteiger partial charge in [-0.25, -0.2) is 0 Å². The minimum absolute atomic E-state index is 0.0214. The number of aromatic nitrogens is 2. The molecule has 2 aromatic carbocycles. The Balaban J connectivity index is 1.60. The van der Waals surface area contributed by atoms with Gasteiger partial charge in [0, 0.05) is 12.1 Å². The number of rotatable bonds is 5. The number of para-hydroxylation sites is 1. The summed E-state index contributed by atoms with van der Waals surface area (Å²) in [6.07, 6.45) is 1.40. The first-order chi connectivity index (χ1) is 10.8. The van der Waals surface area contributed by atoms with Crippen LogP contribution in [0.15, 0.2) is 65.1 Å². The quantitative estimate of drug-likeness (QED) is 0.785. The van der Waals surface area contributed by atoms with Crippen LogP contribution in [0.4, 0.5) is 5.69 Å². The van der Waals surface area contributed by atoms with Crippen molar-refractivity contribution in [3.8, 4) is 0 Å². The van der Waals surface area contributed by atoms with Crippen LogP contribution in [-0.4, -0.2) is 16.1 Å². The van der Waals surface area contributed by atoms with E-state index in [0.717, 1.165) is 6.42 Å². The zero-order chi connectivity index (χ0) is 15.2. The molecule has 1 amide bonds. The van der Waals surface area contributed by atoms with Crippen molar-refractivity contribution in [3.05, 3.63) is 78.0 Å². The maximum Gasteiger partial charge on any atom is 0.313 e. The van der Waals surface area contributed by atoms with Gasteiger partial charge in [0.2, 0.25) is 5.89 Å². The molecule has 1 heterocycles. The molecule has 22 heavy (non-hydrogen) atoms. The molecule has 0 radical (unpaired) electrons. The Labute approximate surface area is 128 Å². The lowest BCUT2D eigenvalue weighted by Gasteiger charge is -2.00. The fourth-order valence-electron chi connectivity index (χ4n) is 2.05. The number of amides is 1. The molecule has 0 unspecified atom stereocenters. The van der Waals surface area contributed by atoms with Crippen molar-refractivity contribution in [2.24, 2.45) is 0 Å². The van der Waals surface area contributed by atoms with E-state index in [-0.39, 0.29) is 5.89 Å². The predicted octanol–water partition coefficient (Wildman–Crippen LogP) is 3.11. The molecule has 3 aromatic rings. The zero-order valence-electron chi connectivity index (χ0n) is 11.9. The van der Waals surface area contributed by atoms with Crippen LogP contribution in [-0.2, 0) is 12.8 Å². The van der Waals surface area contributed by atoms with Crippen molar-refractivity contribution in [2.75, 3.05) is 5.32 Å². The first kappa shape index (κ1) is 14.0. The standard InChI is InChI=1S/C17H15N3O2/c21-16(18-14-9-5-2-6-10-14)17-20-19-15(22-17)12-11-13-7-3-1-4-8-13/h1-10H,11-12H2,(H,18,21). The number of nitrogens with zero attached hydrogens (tertiary/aromatic N) is 2. The van der Waals surface area contributed by atoms with Gasteiger partial charge < -0.3 is 9.73 Å². The zero-order valence-corrected chi connectivity index (χ0v) is 11.9. The van der Waals surface area contributed by atoms with E-state index in [1.165, 1.54) is 5.56 Å². The minimum Gasteiger partial charge on any atom is -0.417 e. The number of hydrogen-bond acceptors (Lipinski definition) is 4. The Morgan fingerprint density at radius 3 is 2.32 bits per heavy atom. The smallest absolute Gasteiger partial charge is 0.313 e. The summed E-state index contributed by atoms with van der Waals surface area (Å²) in [6.45, 7) is 0. The highest BCUT2D eigenvalue weighted by Gasteiger charge is 2.14. The van der Waals surface area contributed by atoms with Gasteiger partial charge >= 0.3 is 11.8 Å². The Bertz CT molecular complexity index is 739. The molecule has 0 saturated heterocycles. The average Bonchev–Trinajstić information content (AvgIpc) is 3.04. The number of nitrogens with one attached hydrogen (secondary N) is 1. The molecule has 1 aromatic heterocycles. The third kappa shape index (κ3) is 3.58. The summed E-state index contributed by atoms with van der Waals surface area (Å²) in [5.41, 5.74) is 1.88. The summed E-state index contributed by atoms with van der Waals surface area (Å²) in [5.74, 6) is 0.0404. The first-order valence-electron chi connectivity index (χ1n) is 7.04. The molecule has 5 heteroatoms. The largest absolute Gasteiger partial charge is 0.417 e. The maximum atomic E-state index is 12.0. The number of benzene rings is 2. The van der Waals surface area contributed by atoms with Crippen LogP contribution in [0.5, 0.6) is 0 Å². The Hall–Kier alpha value is -2.95. The van der Waals surface area contributed by atoms with Gasteiger partial charge in [-0.1, -0.05) is 48.5 Å². The average molecular weight is 293 g/mol. The fourth-order valence-corrected chi connectivity index (χ4v) is 2.05. The van der Waals surface area contributed by atoms with Crippen molar-refractivity contribution in [1.29, 1.82) is 0 Å². The fraction of sp³-hybridized carbons (Fsp3) is 0.118. The molecule has 0 aliphatic carbocycles. The van der Waals surface area contributed by atoms with Crippen molar-refractivity contribution in [3.63, 3.8) is 0 Å². The molecular weight excluding hydrogens is 278 g/mol. The third-order valence-electron chi connectivity index (χ3n) is 3.16. The summed E-state index contributed by atoms with van der Waals surface area (Å²) >= 11 is 0. The SMILES string of the molecule is O=C(Nc1ccccc1)c1nnc(CCc2ccccc2)o1. The molecule has 110 valence electrons. The number of carbonyl (C=O) groups excluding carboxylic acids is 1. The van der Waals surface area contributed by atoms with Crippen molar-refractivity contribution in [2.45, 2.75) is 12.8 Å². The highest BCUT2D eigenvalue weighted by Crippen LogP contribution is 2.10. The highest BCUT2D eigenvalue weighted by molar-refractivity contribution is 6.00. The second-order valence-corrected chi connectivity index (χ2v) is 4.81. The molecule has 0 aliphatic rings. The van der Waals surface area contributed by atoms with E-state index in [9.17, 15) is 4.79 Å². The van der Waals surface area contributed by atoms with Gasteiger partial charge in [0.25, 0.3) is 0 Å². The van der Waals surface area contributed by atoms with E-state index < -0.39 is 5.91 Å². The Morgan fingerprint density at radius 1 is 0.909 bits per heavy atom. The maximum absolute atomic E-state index is 12.0. The number of carbonyl (C=O) groups is 1.